The number of nitrogens with two attached hydrogens (primary N) is 1. The van der Waals surface area contributed by atoms with E-state index in [9.17, 15) is 4.79 Å². The van der Waals surface area contributed by atoms with Crippen LogP contribution in [0.15, 0.2) is 30.6 Å². The van der Waals surface area contributed by atoms with Crippen LogP contribution in [0.1, 0.15) is 47.3 Å². The molecule has 0 aliphatic carbocycles. The third kappa shape index (κ3) is 4.58. The molecule has 1 atom stereocenters. The lowest BCUT2D eigenvalue weighted by Crippen LogP contribution is -2.28. The van der Waals surface area contributed by atoms with E-state index in [1.54, 1.807) is 16.9 Å². The molecule has 2 aromatic rings. The average Bonchev–Trinajstić information content (AvgIpc) is 2.99. The topological polar surface area (TPSA) is 82.2 Å². The van der Waals surface area contributed by atoms with E-state index in [1.807, 2.05) is 39.2 Å². The SMILES string of the molecule is CC[C@@H](NC(=O)c1ccc(C)cc1OCCCN)c1cnn(C)c1. The summed E-state index contributed by atoms with van der Waals surface area (Å²) in [6.45, 7) is 5.07. The molecule has 6 heteroatoms. The molecule has 0 radical (unpaired) electrons. The molecule has 24 heavy (non-hydrogen) atoms. The van der Waals surface area contributed by atoms with Gasteiger partial charge in [-0.25, -0.2) is 0 Å². The molecule has 0 spiro atoms. The van der Waals surface area contributed by atoms with Crippen molar-refractivity contribution in [3.05, 3.63) is 47.3 Å². The van der Waals surface area contributed by atoms with E-state index in [0.29, 0.717) is 24.5 Å². The van der Waals surface area contributed by atoms with Crippen LogP contribution in [0.5, 0.6) is 5.75 Å². The van der Waals surface area contributed by atoms with Gasteiger partial charge in [-0.15, -0.1) is 0 Å². The van der Waals surface area contributed by atoms with Crippen LogP contribution in [0.3, 0.4) is 0 Å². The van der Waals surface area contributed by atoms with Crippen molar-refractivity contribution in [2.75, 3.05) is 13.2 Å². The van der Waals surface area contributed by atoms with Crippen molar-refractivity contribution in [1.29, 1.82) is 0 Å². The lowest BCUT2D eigenvalue weighted by molar-refractivity contribution is 0.0931. The van der Waals surface area contributed by atoms with Crippen molar-refractivity contribution in [1.82, 2.24) is 15.1 Å². The zero-order valence-electron chi connectivity index (χ0n) is 14.6. The molecule has 1 aromatic heterocycles. The molecule has 0 aliphatic heterocycles. The molecule has 0 saturated carbocycles. The molecule has 3 N–H and O–H groups in total. The number of ether oxygens (including phenoxy) is 1. The van der Waals surface area contributed by atoms with Gasteiger partial charge in [0.05, 0.1) is 24.4 Å². The van der Waals surface area contributed by atoms with Gasteiger partial charge in [-0.2, -0.15) is 5.10 Å². The Balaban J connectivity index is 2.15. The summed E-state index contributed by atoms with van der Waals surface area (Å²) in [7, 11) is 1.86. The van der Waals surface area contributed by atoms with Crippen LogP contribution in [-0.2, 0) is 7.05 Å². The highest BCUT2D eigenvalue weighted by Gasteiger charge is 2.18. The Morgan fingerprint density at radius 2 is 2.25 bits per heavy atom. The van der Waals surface area contributed by atoms with Crippen LogP contribution in [0.2, 0.25) is 0 Å². The zero-order valence-corrected chi connectivity index (χ0v) is 14.6. The Labute approximate surface area is 143 Å². The number of nitrogens with one attached hydrogen (secondary N) is 1. The first-order valence-corrected chi connectivity index (χ1v) is 8.28. The zero-order chi connectivity index (χ0) is 17.5. The van der Waals surface area contributed by atoms with Gasteiger partial charge in [-0.05, 0) is 44.0 Å². The standard InChI is InChI=1S/C18H26N4O2/c1-4-16(14-11-20-22(3)12-14)21-18(23)15-7-6-13(2)10-17(15)24-9-5-8-19/h6-7,10-12,16H,4-5,8-9,19H2,1-3H3,(H,21,23)/t16-/m1/s1. The second kappa shape index (κ2) is 8.49. The number of aryl methyl sites for hydroxylation is 2. The maximum Gasteiger partial charge on any atom is 0.255 e. The largest absolute Gasteiger partial charge is 0.493 e. The Hall–Kier alpha value is -2.34. The second-order valence-corrected chi connectivity index (χ2v) is 5.87. The monoisotopic (exact) mass is 330 g/mol. The number of aromatic nitrogens is 2. The Kier molecular flexibility index (Phi) is 6.37. The summed E-state index contributed by atoms with van der Waals surface area (Å²) in [5.74, 6) is 0.454. The smallest absolute Gasteiger partial charge is 0.255 e. The van der Waals surface area contributed by atoms with Gasteiger partial charge in [0, 0.05) is 18.8 Å². The van der Waals surface area contributed by atoms with Crippen molar-refractivity contribution < 1.29 is 9.53 Å². The summed E-state index contributed by atoms with van der Waals surface area (Å²) in [6, 6.07) is 5.52. The number of rotatable bonds is 8. The highest BCUT2D eigenvalue weighted by atomic mass is 16.5. The normalized spacial score (nSPS) is 12.0. The minimum atomic E-state index is -0.145. The van der Waals surface area contributed by atoms with Gasteiger partial charge in [-0.3, -0.25) is 9.48 Å². The number of carbonyl (C=O) groups is 1. The molecule has 1 heterocycles. The summed E-state index contributed by atoms with van der Waals surface area (Å²) in [4.78, 5) is 12.7. The van der Waals surface area contributed by atoms with Crippen LogP contribution in [0, 0.1) is 6.92 Å². The van der Waals surface area contributed by atoms with E-state index < -0.39 is 0 Å². The summed E-state index contributed by atoms with van der Waals surface area (Å²) < 4.78 is 7.48. The summed E-state index contributed by atoms with van der Waals surface area (Å²) in [5, 5.41) is 7.24. The van der Waals surface area contributed by atoms with Crippen molar-refractivity contribution in [3.8, 4) is 5.75 Å². The Morgan fingerprint density at radius 3 is 2.88 bits per heavy atom. The van der Waals surface area contributed by atoms with Crippen molar-refractivity contribution in [2.45, 2.75) is 32.7 Å². The van der Waals surface area contributed by atoms with Gasteiger partial charge in [0.2, 0.25) is 0 Å². The van der Waals surface area contributed by atoms with Gasteiger partial charge in [0.15, 0.2) is 0 Å². The number of benzene rings is 1. The van der Waals surface area contributed by atoms with Gasteiger partial charge in [0.25, 0.3) is 5.91 Å². The Morgan fingerprint density at radius 1 is 1.46 bits per heavy atom. The van der Waals surface area contributed by atoms with Crippen LogP contribution in [-0.4, -0.2) is 28.8 Å². The maximum absolute atomic E-state index is 12.7. The minimum absolute atomic E-state index is 0.0793. The first kappa shape index (κ1) is 18.0. The third-order valence-electron chi connectivity index (χ3n) is 3.83. The average molecular weight is 330 g/mol. The van der Waals surface area contributed by atoms with Crippen LogP contribution < -0.4 is 15.8 Å². The first-order chi connectivity index (χ1) is 11.5. The quantitative estimate of drug-likeness (QED) is 0.728. The Bertz CT molecular complexity index is 681. The summed E-state index contributed by atoms with van der Waals surface area (Å²) >= 11 is 0. The highest BCUT2D eigenvalue weighted by molar-refractivity contribution is 5.97. The number of carbonyl (C=O) groups excluding carboxylic acids is 1. The summed E-state index contributed by atoms with van der Waals surface area (Å²) in [5.41, 5.74) is 8.09. The molecule has 2 rings (SSSR count). The molecular weight excluding hydrogens is 304 g/mol. The molecule has 6 nitrogen and oxygen atoms in total. The highest BCUT2D eigenvalue weighted by Crippen LogP contribution is 2.23. The van der Waals surface area contributed by atoms with E-state index in [1.165, 1.54) is 0 Å². The molecule has 0 saturated heterocycles. The molecule has 0 fully saturated rings. The van der Waals surface area contributed by atoms with Crippen LogP contribution >= 0.6 is 0 Å². The van der Waals surface area contributed by atoms with E-state index in [4.69, 9.17) is 10.5 Å². The van der Waals surface area contributed by atoms with Crippen molar-refractivity contribution in [3.63, 3.8) is 0 Å². The number of hydrogen-bond acceptors (Lipinski definition) is 4. The fraction of sp³-hybridized carbons (Fsp3) is 0.444. The van der Waals surface area contributed by atoms with Gasteiger partial charge in [-0.1, -0.05) is 13.0 Å². The van der Waals surface area contributed by atoms with Crippen molar-refractivity contribution >= 4 is 5.91 Å². The van der Waals surface area contributed by atoms with E-state index >= 15 is 0 Å². The molecule has 1 amide bonds. The second-order valence-electron chi connectivity index (χ2n) is 5.87. The minimum Gasteiger partial charge on any atom is -0.493 e. The predicted molar refractivity (Wildman–Crippen MR) is 94.1 cm³/mol. The summed E-state index contributed by atoms with van der Waals surface area (Å²) in [6.07, 6.45) is 5.24. The van der Waals surface area contributed by atoms with Crippen molar-refractivity contribution in [2.24, 2.45) is 12.8 Å². The van der Waals surface area contributed by atoms with Crippen LogP contribution in [0.4, 0.5) is 0 Å². The molecule has 130 valence electrons. The fourth-order valence-electron chi connectivity index (χ4n) is 2.48. The number of amides is 1. The number of hydrogen-bond donors (Lipinski definition) is 2. The first-order valence-electron chi connectivity index (χ1n) is 8.28. The molecular formula is C18H26N4O2. The van der Waals surface area contributed by atoms with E-state index in [0.717, 1.165) is 24.0 Å². The molecule has 0 unspecified atom stereocenters. The van der Waals surface area contributed by atoms with Gasteiger partial charge in [0.1, 0.15) is 5.75 Å². The fourth-order valence-corrected chi connectivity index (χ4v) is 2.48. The van der Waals surface area contributed by atoms with Gasteiger partial charge < -0.3 is 15.8 Å². The predicted octanol–water partition coefficient (Wildman–Crippen LogP) is 2.34. The molecule has 1 aromatic carbocycles. The third-order valence-corrected chi connectivity index (χ3v) is 3.83. The lowest BCUT2D eigenvalue weighted by atomic mass is 10.1. The lowest BCUT2D eigenvalue weighted by Gasteiger charge is -2.17. The van der Waals surface area contributed by atoms with E-state index in [-0.39, 0.29) is 11.9 Å². The van der Waals surface area contributed by atoms with E-state index in [2.05, 4.69) is 10.4 Å². The molecule has 0 bridgehead atoms. The van der Waals surface area contributed by atoms with Gasteiger partial charge >= 0.3 is 0 Å². The number of nitrogens with zero attached hydrogens (tertiary/aromatic N) is 2. The molecule has 0 aliphatic rings. The van der Waals surface area contributed by atoms with Crippen LogP contribution in [0.25, 0.3) is 0 Å². The maximum atomic E-state index is 12.7.